The molecule has 0 aliphatic heterocycles. The lowest BCUT2D eigenvalue weighted by atomic mass is 10.4. The Morgan fingerprint density at radius 2 is 2.64 bits per heavy atom. The first-order valence-corrected chi connectivity index (χ1v) is 4.19. The van der Waals surface area contributed by atoms with Gasteiger partial charge in [-0.15, -0.1) is 11.3 Å². The van der Waals surface area contributed by atoms with Gasteiger partial charge in [-0.25, -0.2) is 4.98 Å². The summed E-state index contributed by atoms with van der Waals surface area (Å²) in [6.45, 7) is 1.95. The van der Waals surface area contributed by atoms with Crippen LogP contribution in [0.3, 0.4) is 0 Å². The number of nitriles is 1. The first-order valence-electron chi connectivity index (χ1n) is 3.31. The van der Waals surface area contributed by atoms with Crippen molar-refractivity contribution in [3.63, 3.8) is 0 Å². The summed E-state index contributed by atoms with van der Waals surface area (Å²) < 4.78 is 0. The molecule has 1 aromatic heterocycles. The third-order valence-corrected chi connectivity index (χ3v) is 2.00. The molecule has 0 atom stereocenters. The summed E-state index contributed by atoms with van der Waals surface area (Å²) in [5.74, 6) is 0. The maximum atomic E-state index is 8.36. The average Bonchev–Trinajstić information content (AvgIpc) is 2.38. The summed E-state index contributed by atoms with van der Waals surface area (Å²) in [4.78, 5) is 4.20. The molecule has 0 fully saturated rings. The Morgan fingerprint density at radius 3 is 3.27 bits per heavy atom. The van der Waals surface area contributed by atoms with Crippen molar-refractivity contribution in [1.29, 1.82) is 5.26 Å². The fourth-order valence-corrected chi connectivity index (χ4v) is 1.42. The molecule has 11 heavy (non-hydrogen) atoms. The first-order chi connectivity index (χ1) is 5.36. The number of nitrogens with zero attached hydrogens (tertiary/aromatic N) is 2. The Hall–Kier alpha value is -1.14. The smallest absolute Gasteiger partial charge is 0.107 e. The van der Waals surface area contributed by atoms with E-state index in [9.17, 15) is 0 Å². The van der Waals surface area contributed by atoms with Crippen molar-refractivity contribution in [3.05, 3.63) is 22.2 Å². The van der Waals surface area contributed by atoms with Gasteiger partial charge in [0.1, 0.15) is 5.01 Å². The molecule has 0 amide bonds. The quantitative estimate of drug-likeness (QED) is 0.672. The lowest BCUT2D eigenvalue weighted by Crippen LogP contribution is -1.78. The van der Waals surface area contributed by atoms with Crippen LogP contribution in [0.2, 0.25) is 0 Å². The molecule has 0 aliphatic rings. The minimum atomic E-state index is 0.419. The average molecular weight is 164 g/mol. The van der Waals surface area contributed by atoms with Crippen molar-refractivity contribution in [2.24, 2.45) is 0 Å². The predicted molar refractivity (Wildman–Crippen MR) is 46.1 cm³/mol. The zero-order valence-electron chi connectivity index (χ0n) is 6.24. The van der Waals surface area contributed by atoms with Gasteiger partial charge in [-0.2, -0.15) is 5.26 Å². The second-order valence-electron chi connectivity index (χ2n) is 2.00. The molecular formula is C8H8N2S. The molecule has 0 unspecified atom stereocenters. The minimum Gasteiger partial charge on any atom is -0.241 e. The van der Waals surface area contributed by atoms with E-state index in [0.717, 1.165) is 10.7 Å². The number of allylic oxidation sites excluding steroid dienone is 1. The Balaban J connectivity index is 2.75. The zero-order valence-corrected chi connectivity index (χ0v) is 7.06. The highest BCUT2D eigenvalue weighted by atomic mass is 32.1. The highest BCUT2D eigenvalue weighted by molar-refractivity contribution is 7.09. The highest BCUT2D eigenvalue weighted by Crippen LogP contribution is 2.10. The van der Waals surface area contributed by atoms with Gasteiger partial charge in [0, 0.05) is 5.38 Å². The van der Waals surface area contributed by atoms with E-state index in [1.807, 2.05) is 24.5 Å². The lowest BCUT2D eigenvalue weighted by Gasteiger charge is -1.80. The minimum absolute atomic E-state index is 0.419. The fraction of sp³-hybridized carbons (Fsp3) is 0.250. The molecule has 0 radical (unpaired) electrons. The molecule has 0 aromatic carbocycles. The summed E-state index contributed by atoms with van der Waals surface area (Å²) in [7, 11) is 0. The van der Waals surface area contributed by atoms with Crippen molar-refractivity contribution in [3.8, 4) is 6.07 Å². The maximum Gasteiger partial charge on any atom is 0.107 e. The topological polar surface area (TPSA) is 36.7 Å². The standard InChI is InChI=1S/C8H8N2S/c1-2-3-7-6-11-8(10-7)4-5-9/h2-3,6H,4H2,1H3. The molecule has 1 heterocycles. The van der Waals surface area contributed by atoms with Crippen LogP contribution in [0.4, 0.5) is 0 Å². The summed E-state index contributed by atoms with van der Waals surface area (Å²) >= 11 is 1.53. The largest absolute Gasteiger partial charge is 0.241 e. The van der Waals surface area contributed by atoms with E-state index >= 15 is 0 Å². The van der Waals surface area contributed by atoms with E-state index in [-0.39, 0.29) is 0 Å². The van der Waals surface area contributed by atoms with Crippen LogP contribution in [0.1, 0.15) is 17.6 Å². The van der Waals surface area contributed by atoms with Crippen molar-refractivity contribution >= 4 is 17.4 Å². The maximum absolute atomic E-state index is 8.36. The van der Waals surface area contributed by atoms with E-state index < -0.39 is 0 Å². The molecule has 56 valence electrons. The Labute approximate surface area is 69.8 Å². The van der Waals surface area contributed by atoms with Crippen LogP contribution in [0, 0.1) is 11.3 Å². The van der Waals surface area contributed by atoms with Crippen LogP contribution in [0.15, 0.2) is 11.5 Å². The SMILES string of the molecule is CC=Cc1csc(CC#N)n1. The fourth-order valence-electron chi connectivity index (χ4n) is 0.721. The molecule has 1 rings (SSSR count). The van der Waals surface area contributed by atoms with Crippen LogP contribution in [0.25, 0.3) is 6.08 Å². The van der Waals surface area contributed by atoms with Crippen LogP contribution in [0.5, 0.6) is 0 Å². The Morgan fingerprint density at radius 1 is 1.82 bits per heavy atom. The van der Waals surface area contributed by atoms with Gasteiger partial charge in [0.05, 0.1) is 18.2 Å². The summed E-state index contributed by atoms with van der Waals surface area (Å²) in [5, 5.41) is 11.2. The summed E-state index contributed by atoms with van der Waals surface area (Å²) in [6.07, 6.45) is 4.28. The highest BCUT2D eigenvalue weighted by Gasteiger charge is 1.96. The monoisotopic (exact) mass is 164 g/mol. The number of aromatic nitrogens is 1. The zero-order chi connectivity index (χ0) is 8.10. The van der Waals surface area contributed by atoms with E-state index in [4.69, 9.17) is 5.26 Å². The van der Waals surface area contributed by atoms with Gasteiger partial charge in [-0.3, -0.25) is 0 Å². The molecule has 0 bridgehead atoms. The van der Waals surface area contributed by atoms with Gasteiger partial charge in [0.25, 0.3) is 0 Å². The van der Waals surface area contributed by atoms with Crippen molar-refractivity contribution in [1.82, 2.24) is 4.98 Å². The first kappa shape index (κ1) is 7.96. The molecule has 1 aromatic rings. The van der Waals surface area contributed by atoms with Crippen LogP contribution >= 0.6 is 11.3 Å². The summed E-state index contributed by atoms with van der Waals surface area (Å²) in [5.41, 5.74) is 0.947. The predicted octanol–water partition coefficient (Wildman–Crippen LogP) is 2.24. The van der Waals surface area contributed by atoms with Gasteiger partial charge >= 0.3 is 0 Å². The van der Waals surface area contributed by atoms with Crippen LogP contribution in [-0.2, 0) is 6.42 Å². The van der Waals surface area contributed by atoms with E-state index in [1.165, 1.54) is 11.3 Å². The molecule has 0 aliphatic carbocycles. The second-order valence-corrected chi connectivity index (χ2v) is 2.94. The van der Waals surface area contributed by atoms with E-state index in [1.54, 1.807) is 0 Å². The van der Waals surface area contributed by atoms with Gasteiger partial charge in [0.15, 0.2) is 0 Å². The molecule has 3 heteroatoms. The third kappa shape index (κ3) is 2.17. The van der Waals surface area contributed by atoms with E-state index in [2.05, 4.69) is 11.1 Å². The number of rotatable bonds is 2. The molecule has 2 nitrogen and oxygen atoms in total. The van der Waals surface area contributed by atoms with Gasteiger partial charge < -0.3 is 0 Å². The van der Waals surface area contributed by atoms with Gasteiger partial charge in [-0.1, -0.05) is 6.08 Å². The normalized spacial score (nSPS) is 10.2. The molecular weight excluding hydrogens is 156 g/mol. The lowest BCUT2D eigenvalue weighted by molar-refractivity contribution is 1.18. The second kappa shape index (κ2) is 3.89. The Kier molecular flexibility index (Phi) is 2.82. The molecule has 0 saturated heterocycles. The van der Waals surface area contributed by atoms with Crippen molar-refractivity contribution < 1.29 is 0 Å². The number of hydrogen-bond donors (Lipinski definition) is 0. The molecule has 0 saturated carbocycles. The Bertz CT molecular complexity index is 293. The molecule has 0 N–H and O–H groups in total. The van der Waals surface area contributed by atoms with Crippen molar-refractivity contribution in [2.75, 3.05) is 0 Å². The van der Waals surface area contributed by atoms with Crippen LogP contribution in [-0.4, -0.2) is 4.98 Å². The van der Waals surface area contributed by atoms with Crippen molar-refractivity contribution in [2.45, 2.75) is 13.3 Å². The number of hydrogen-bond acceptors (Lipinski definition) is 3. The number of thiazole rings is 1. The van der Waals surface area contributed by atoms with Crippen LogP contribution < -0.4 is 0 Å². The van der Waals surface area contributed by atoms with Gasteiger partial charge in [-0.05, 0) is 13.0 Å². The van der Waals surface area contributed by atoms with Gasteiger partial charge in [0.2, 0.25) is 0 Å². The van der Waals surface area contributed by atoms with E-state index in [0.29, 0.717) is 6.42 Å². The molecule has 0 spiro atoms. The summed E-state index contributed by atoms with van der Waals surface area (Å²) in [6, 6.07) is 2.06. The third-order valence-electron chi connectivity index (χ3n) is 1.14.